The minimum absolute atomic E-state index is 0.356. The van der Waals surface area contributed by atoms with Crippen LogP contribution in [0.25, 0.3) is 11.2 Å². The minimum atomic E-state index is -2.03. The van der Waals surface area contributed by atoms with Gasteiger partial charge < -0.3 is 31.1 Å². The smallest absolute Gasteiger partial charge is 0.199 e. The van der Waals surface area contributed by atoms with Gasteiger partial charge >= 0.3 is 0 Å². The number of ether oxygens (including phenoxy) is 1. The number of hydrogen-bond donors (Lipinski definition) is 5. The summed E-state index contributed by atoms with van der Waals surface area (Å²) in [4.78, 5) is 12.5. The van der Waals surface area contributed by atoms with Crippen molar-refractivity contribution in [3.05, 3.63) is 12.7 Å². The second kappa shape index (κ2) is 6.31. The summed E-state index contributed by atoms with van der Waals surface area (Å²) in [5.74, 6) is 2.63. The minimum Gasteiger partial charge on any atom is -0.394 e. The highest BCUT2D eigenvalue weighted by molar-refractivity contribution is 5.82. The lowest BCUT2D eigenvalue weighted by atomic mass is 9.95. The summed E-state index contributed by atoms with van der Waals surface area (Å²) in [6, 6.07) is 0. The number of aliphatic hydroxyl groups excluding tert-OH is 2. The number of aromatic nitrogens is 4. The Morgan fingerprint density at radius 3 is 2.92 bits per heavy atom. The lowest BCUT2D eigenvalue weighted by Gasteiger charge is -2.26. The fourth-order valence-corrected chi connectivity index (χ4v) is 2.69. The van der Waals surface area contributed by atoms with Gasteiger partial charge in [-0.05, 0) is 0 Å². The van der Waals surface area contributed by atoms with Gasteiger partial charge in [-0.15, -0.1) is 6.42 Å². The quantitative estimate of drug-likeness (QED) is 0.384. The molecule has 0 aromatic carbocycles. The lowest BCUT2D eigenvalue weighted by molar-refractivity contribution is -0.0721. The summed E-state index contributed by atoms with van der Waals surface area (Å²) in [6.07, 6.45) is 4.47. The summed E-state index contributed by atoms with van der Waals surface area (Å²) < 4.78 is 6.94. The zero-order valence-corrected chi connectivity index (χ0v) is 12.7. The first-order chi connectivity index (χ1) is 11.6. The maximum Gasteiger partial charge on any atom is 0.199 e. The van der Waals surface area contributed by atoms with Gasteiger partial charge in [-0.1, -0.05) is 5.92 Å². The molecular formula is C14H18N6O4. The van der Waals surface area contributed by atoms with E-state index in [0.717, 1.165) is 0 Å². The molecule has 0 amide bonds. The molecule has 4 atom stereocenters. The Morgan fingerprint density at radius 2 is 2.25 bits per heavy atom. The molecule has 0 spiro atoms. The SMILES string of the molecule is C#C[C@@]1(O)[C@H](O)[C@@H](CO)O[C@H]1n1cnc2c(NCCN)ncnc21. The van der Waals surface area contributed by atoms with Gasteiger partial charge in [0.15, 0.2) is 28.8 Å². The standard InChI is InChI=1S/C14H18N6O4/c1-2-14(23)10(22)8(5-21)24-13(14)20-7-19-9-11(16-4-3-15)17-6-18-12(9)20/h1,6-8,10,13,21-23H,3-5,15H2,(H,16,17,18)/t8-,10-,13-,14-/m1/s1. The van der Waals surface area contributed by atoms with Crippen LogP contribution < -0.4 is 11.1 Å². The number of anilines is 1. The molecule has 1 fully saturated rings. The van der Waals surface area contributed by atoms with Crippen LogP contribution in [0.15, 0.2) is 12.7 Å². The molecule has 10 nitrogen and oxygen atoms in total. The third-order valence-electron chi connectivity index (χ3n) is 3.94. The summed E-state index contributed by atoms with van der Waals surface area (Å²) in [7, 11) is 0. The molecule has 10 heteroatoms. The predicted molar refractivity (Wildman–Crippen MR) is 83.7 cm³/mol. The van der Waals surface area contributed by atoms with Crippen molar-refractivity contribution < 1.29 is 20.1 Å². The zero-order valence-electron chi connectivity index (χ0n) is 12.7. The molecule has 1 aliphatic rings. The summed E-state index contributed by atoms with van der Waals surface area (Å²) in [6.45, 7) is 0.421. The van der Waals surface area contributed by atoms with Crippen LogP contribution in [0.3, 0.4) is 0 Å². The third-order valence-corrected chi connectivity index (χ3v) is 3.94. The third kappa shape index (κ3) is 2.39. The van der Waals surface area contributed by atoms with Crippen molar-refractivity contribution in [1.29, 1.82) is 0 Å². The molecule has 24 heavy (non-hydrogen) atoms. The first kappa shape index (κ1) is 16.6. The predicted octanol–water partition coefficient (Wildman–Crippen LogP) is -2.19. The number of nitrogens with one attached hydrogen (secondary N) is 1. The number of terminal acetylenes is 1. The molecule has 0 radical (unpaired) electrons. The number of aliphatic hydroxyl groups is 3. The molecule has 2 aromatic rings. The number of imidazole rings is 1. The van der Waals surface area contributed by atoms with E-state index < -0.39 is 30.6 Å². The van der Waals surface area contributed by atoms with Crippen molar-refractivity contribution in [3.8, 4) is 12.3 Å². The average molecular weight is 334 g/mol. The Hall–Kier alpha value is -2.29. The van der Waals surface area contributed by atoms with E-state index in [2.05, 4.69) is 26.2 Å². The fourth-order valence-electron chi connectivity index (χ4n) is 2.69. The first-order valence-electron chi connectivity index (χ1n) is 7.32. The highest BCUT2D eigenvalue weighted by atomic mass is 16.6. The van der Waals surface area contributed by atoms with Crippen molar-refractivity contribution in [1.82, 2.24) is 19.5 Å². The second-order valence-electron chi connectivity index (χ2n) is 5.39. The molecule has 2 aromatic heterocycles. The van der Waals surface area contributed by atoms with Crippen LogP contribution in [0.1, 0.15) is 6.23 Å². The van der Waals surface area contributed by atoms with Crippen LogP contribution in [0.5, 0.6) is 0 Å². The summed E-state index contributed by atoms with van der Waals surface area (Å²) in [5, 5.41) is 33.1. The number of rotatable bonds is 5. The van der Waals surface area contributed by atoms with Crippen LogP contribution in [-0.2, 0) is 4.74 Å². The highest BCUT2D eigenvalue weighted by Gasteiger charge is 2.55. The Labute approximate surface area is 137 Å². The molecule has 1 saturated heterocycles. The normalized spacial score (nSPS) is 29.7. The van der Waals surface area contributed by atoms with E-state index in [-0.39, 0.29) is 0 Å². The van der Waals surface area contributed by atoms with Gasteiger partial charge in [0.1, 0.15) is 18.5 Å². The van der Waals surface area contributed by atoms with Gasteiger partial charge in [0.25, 0.3) is 0 Å². The Bertz CT molecular complexity index is 774. The molecule has 0 aliphatic carbocycles. The first-order valence-corrected chi connectivity index (χ1v) is 7.32. The van der Waals surface area contributed by atoms with Gasteiger partial charge in [-0.25, -0.2) is 15.0 Å². The largest absolute Gasteiger partial charge is 0.394 e. The molecule has 1 aliphatic heterocycles. The van der Waals surface area contributed by atoms with E-state index in [1.807, 2.05) is 0 Å². The molecule has 128 valence electrons. The van der Waals surface area contributed by atoms with Crippen molar-refractivity contribution in [2.24, 2.45) is 5.73 Å². The van der Waals surface area contributed by atoms with Crippen molar-refractivity contribution >= 4 is 17.0 Å². The number of hydrogen-bond acceptors (Lipinski definition) is 9. The summed E-state index contributed by atoms with van der Waals surface area (Å²) in [5.41, 5.74) is 4.23. The van der Waals surface area contributed by atoms with Crippen LogP contribution in [0, 0.1) is 12.3 Å². The van der Waals surface area contributed by atoms with Crippen LogP contribution >= 0.6 is 0 Å². The second-order valence-corrected chi connectivity index (χ2v) is 5.39. The number of nitrogens with zero attached hydrogens (tertiary/aromatic N) is 4. The Kier molecular flexibility index (Phi) is 4.35. The van der Waals surface area contributed by atoms with Gasteiger partial charge in [-0.2, -0.15) is 0 Å². The van der Waals surface area contributed by atoms with Crippen LogP contribution in [0.4, 0.5) is 5.82 Å². The molecule has 3 heterocycles. The zero-order chi connectivity index (χ0) is 17.3. The lowest BCUT2D eigenvalue weighted by Crippen LogP contribution is -2.45. The number of nitrogens with two attached hydrogens (primary N) is 1. The van der Waals surface area contributed by atoms with E-state index in [9.17, 15) is 15.3 Å². The maximum absolute atomic E-state index is 10.6. The molecule has 3 rings (SSSR count). The average Bonchev–Trinajstić information content (AvgIpc) is 3.13. The van der Waals surface area contributed by atoms with E-state index in [0.29, 0.717) is 30.1 Å². The fraction of sp³-hybridized carbons (Fsp3) is 0.500. The molecule has 0 saturated carbocycles. The van der Waals surface area contributed by atoms with Gasteiger partial charge in [0, 0.05) is 13.1 Å². The van der Waals surface area contributed by atoms with E-state index >= 15 is 0 Å². The van der Waals surface area contributed by atoms with Gasteiger partial charge in [-0.3, -0.25) is 4.57 Å². The van der Waals surface area contributed by atoms with E-state index in [4.69, 9.17) is 16.9 Å². The molecular weight excluding hydrogens is 316 g/mol. The Morgan fingerprint density at radius 1 is 1.46 bits per heavy atom. The summed E-state index contributed by atoms with van der Waals surface area (Å²) >= 11 is 0. The van der Waals surface area contributed by atoms with Crippen molar-refractivity contribution in [3.63, 3.8) is 0 Å². The van der Waals surface area contributed by atoms with Crippen molar-refractivity contribution in [2.75, 3.05) is 25.0 Å². The molecule has 0 unspecified atom stereocenters. The van der Waals surface area contributed by atoms with Crippen molar-refractivity contribution in [2.45, 2.75) is 24.0 Å². The number of fused-ring (bicyclic) bond motifs is 1. The van der Waals surface area contributed by atoms with E-state index in [1.54, 1.807) is 0 Å². The molecule has 0 bridgehead atoms. The monoisotopic (exact) mass is 334 g/mol. The maximum atomic E-state index is 10.6. The van der Waals surface area contributed by atoms with Crippen LogP contribution in [0.2, 0.25) is 0 Å². The topological polar surface area (TPSA) is 152 Å². The Balaban J connectivity index is 2.05. The molecule has 6 N–H and O–H groups in total. The van der Waals surface area contributed by atoms with Gasteiger partial charge in [0.2, 0.25) is 0 Å². The highest BCUT2D eigenvalue weighted by Crippen LogP contribution is 2.39. The van der Waals surface area contributed by atoms with E-state index in [1.165, 1.54) is 17.2 Å². The van der Waals surface area contributed by atoms with Gasteiger partial charge in [0.05, 0.1) is 12.9 Å². The van der Waals surface area contributed by atoms with Crippen LogP contribution in [-0.4, -0.2) is 72.3 Å².